The molecule has 9 heteroatoms. The molecule has 3 N–H and O–H groups in total. The Balaban J connectivity index is 1.13. The van der Waals surface area contributed by atoms with E-state index in [1.807, 2.05) is 0 Å². The molecule has 1 aromatic heterocycles. The monoisotopic (exact) mass is 464 g/mol. The first kappa shape index (κ1) is 22.5. The first-order valence-electron chi connectivity index (χ1n) is 11.8. The molecule has 1 fully saturated rings. The zero-order chi connectivity index (χ0) is 23.7. The van der Waals surface area contributed by atoms with Crippen LogP contribution in [0.3, 0.4) is 0 Å². The summed E-state index contributed by atoms with van der Waals surface area (Å²) in [5, 5.41) is 10.5. The number of amides is 1. The molecule has 4 heterocycles. The second kappa shape index (κ2) is 9.52. The molecular weight excluding hydrogens is 435 g/mol. The summed E-state index contributed by atoms with van der Waals surface area (Å²) in [5.41, 5.74) is 2.31. The number of carbonyl (C=O) groups is 1. The van der Waals surface area contributed by atoms with Crippen LogP contribution in [0.4, 0.5) is 4.39 Å². The number of aliphatic imine (C=N–C) groups is 1. The van der Waals surface area contributed by atoms with Gasteiger partial charge >= 0.3 is 0 Å². The molecular formula is C25H29FN6O2. The van der Waals surface area contributed by atoms with Crippen LogP contribution >= 0.6 is 0 Å². The smallest absolute Gasteiger partial charge is 0.251 e. The molecule has 0 bridgehead atoms. The third-order valence-electron chi connectivity index (χ3n) is 6.79. The van der Waals surface area contributed by atoms with Gasteiger partial charge in [0.1, 0.15) is 17.5 Å². The third-order valence-corrected chi connectivity index (χ3v) is 6.79. The summed E-state index contributed by atoms with van der Waals surface area (Å²) in [4.78, 5) is 31.0. The van der Waals surface area contributed by atoms with Gasteiger partial charge in [0.05, 0.1) is 12.1 Å². The molecule has 0 saturated carbocycles. The lowest BCUT2D eigenvalue weighted by atomic mass is 10.0. The van der Waals surface area contributed by atoms with E-state index in [0.717, 1.165) is 55.0 Å². The van der Waals surface area contributed by atoms with E-state index in [-0.39, 0.29) is 17.3 Å². The normalized spacial score (nSPS) is 19.6. The van der Waals surface area contributed by atoms with Crippen LogP contribution in [0, 0.1) is 5.82 Å². The Morgan fingerprint density at radius 2 is 1.88 bits per heavy atom. The molecule has 1 amide bonds. The average Bonchev–Trinajstić information content (AvgIpc) is 2.82. The predicted octanol–water partition coefficient (Wildman–Crippen LogP) is 1.83. The number of benzene rings is 1. The van der Waals surface area contributed by atoms with Crippen molar-refractivity contribution in [3.63, 3.8) is 0 Å². The molecule has 0 atom stereocenters. The fraction of sp³-hybridized carbons (Fsp3) is 0.400. The van der Waals surface area contributed by atoms with Gasteiger partial charge in [-0.1, -0.05) is 6.58 Å². The summed E-state index contributed by atoms with van der Waals surface area (Å²) in [5.74, 6) is 1.04. The summed E-state index contributed by atoms with van der Waals surface area (Å²) < 4.78 is 15.4. The van der Waals surface area contributed by atoms with Crippen molar-refractivity contribution in [3.05, 3.63) is 70.2 Å². The number of allylic oxidation sites excluding steroid dienone is 1. The van der Waals surface area contributed by atoms with Crippen LogP contribution in [-0.2, 0) is 11.3 Å². The quantitative estimate of drug-likeness (QED) is 0.607. The number of likely N-dealkylation sites (tertiary alicyclic amines) is 1. The zero-order valence-corrected chi connectivity index (χ0v) is 19.1. The highest BCUT2D eigenvalue weighted by molar-refractivity contribution is 5.91. The number of hydrogen-bond acceptors (Lipinski definition) is 6. The molecule has 5 rings (SSSR count). The lowest BCUT2D eigenvalue weighted by molar-refractivity contribution is -0.120. The second-order valence-electron chi connectivity index (χ2n) is 9.06. The van der Waals surface area contributed by atoms with E-state index in [0.29, 0.717) is 43.3 Å². The van der Waals surface area contributed by atoms with Crippen LogP contribution in [0.25, 0.3) is 10.9 Å². The van der Waals surface area contributed by atoms with Gasteiger partial charge in [0.15, 0.2) is 0 Å². The van der Waals surface area contributed by atoms with Crippen molar-refractivity contribution in [2.45, 2.75) is 38.3 Å². The molecule has 0 unspecified atom stereocenters. The molecule has 2 aromatic rings. The number of halogens is 1. The van der Waals surface area contributed by atoms with Crippen molar-refractivity contribution in [3.8, 4) is 0 Å². The molecule has 1 saturated heterocycles. The molecule has 3 aliphatic rings. The van der Waals surface area contributed by atoms with E-state index >= 15 is 0 Å². The average molecular weight is 465 g/mol. The van der Waals surface area contributed by atoms with Crippen molar-refractivity contribution < 1.29 is 9.18 Å². The van der Waals surface area contributed by atoms with Gasteiger partial charge in [0, 0.05) is 42.9 Å². The van der Waals surface area contributed by atoms with Gasteiger partial charge in [-0.25, -0.2) is 9.38 Å². The van der Waals surface area contributed by atoms with Crippen molar-refractivity contribution in [2.24, 2.45) is 4.99 Å². The lowest BCUT2D eigenvalue weighted by Gasteiger charge is -2.33. The van der Waals surface area contributed by atoms with Gasteiger partial charge in [-0.05, 0) is 62.0 Å². The summed E-state index contributed by atoms with van der Waals surface area (Å²) in [7, 11) is 0. The van der Waals surface area contributed by atoms with Gasteiger partial charge in [-0.2, -0.15) is 0 Å². The highest BCUT2D eigenvalue weighted by Gasteiger charge is 2.25. The number of piperidine rings is 1. The fourth-order valence-corrected chi connectivity index (χ4v) is 4.85. The second-order valence-corrected chi connectivity index (χ2v) is 9.06. The minimum atomic E-state index is -0.335. The number of carbonyl (C=O) groups excluding carboxylic acids is 1. The standard InChI is InChI=1S/C25H29FN6O2/c1-16-20-5-6-23(33)30-25(20)29-22(28-16)15-27-19-8-10-31(11-9-19)12-13-32-21-14-18(26)4-2-17(21)3-7-24(32)34/h2-4,7,14,19,27H,1,5-6,8-13,15H2,(H,28,29)(H,30,33). The van der Waals surface area contributed by atoms with Crippen LogP contribution in [0.1, 0.15) is 25.7 Å². The summed E-state index contributed by atoms with van der Waals surface area (Å²) >= 11 is 0. The Morgan fingerprint density at radius 1 is 1.09 bits per heavy atom. The summed E-state index contributed by atoms with van der Waals surface area (Å²) in [6.07, 6.45) is 3.10. The van der Waals surface area contributed by atoms with E-state index in [9.17, 15) is 14.0 Å². The van der Waals surface area contributed by atoms with Crippen molar-refractivity contribution in [1.82, 2.24) is 25.4 Å². The Kier molecular flexibility index (Phi) is 6.30. The maximum atomic E-state index is 13.7. The van der Waals surface area contributed by atoms with E-state index in [1.54, 1.807) is 22.8 Å². The van der Waals surface area contributed by atoms with Crippen LogP contribution in [-0.4, -0.2) is 53.4 Å². The molecule has 3 aliphatic heterocycles. The maximum Gasteiger partial charge on any atom is 0.251 e. The molecule has 34 heavy (non-hydrogen) atoms. The van der Waals surface area contributed by atoms with E-state index in [4.69, 9.17) is 0 Å². The van der Waals surface area contributed by atoms with E-state index < -0.39 is 0 Å². The number of rotatable bonds is 6. The van der Waals surface area contributed by atoms with Gasteiger partial charge in [0.2, 0.25) is 5.91 Å². The first-order chi connectivity index (χ1) is 16.5. The topological polar surface area (TPSA) is 90.8 Å². The number of amidine groups is 1. The number of nitrogens with one attached hydrogen (secondary N) is 3. The summed E-state index contributed by atoms with van der Waals surface area (Å²) in [6, 6.07) is 8.20. The molecule has 0 spiro atoms. The van der Waals surface area contributed by atoms with E-state index in [2.05, 4.69) is 32.4 Å². The van der Waals surface area contributed by atoms with Gasteiger partial charge in [0.25, 0.3) is 5.56 Å². The Morgan fingerprint density at radius 3 is 2.71 bits per heavy atom. The maximum absolute atomic E-state index is 13.7. The third kappa shape index (κ3) is 4.80. The molecule has 178 valence electrons. The molecule has 1 aromatic carbocycles. The number of fused-ring (bicyclic) bond motifs is 1. The number of hydrogen-bond donors (Lipinski definition) is 3. The van der Waals surface area contributed by atoms with Crippen LogP contribution in [0.5, 0.6) is 0 Å². The van der Waals surface area contributed by atoms with E-state index in [1.165, 1.54) is 12.1 Å². The number of aromatic nitrogens is 1. The van der Waals surface area contributed by atoms with Gasteiger partial charge in [-0.15, -0.1) is 0 Å². The van der Waals surface area contributed by atoms with Crippen LogP contribution in [0.15, 0.2) is 63.8 Å². The van der Waals surface area contributed by atoms with Gasteiger partial charge in [-0.3, -0.25) is 9.59 Å². The Labute approximate surface area is 197 Å². The van der Waals surface area contributed by atoms with Crippen LogP contribution in [0.2, 0.25) is 0 Å². The minimum absolute atomic E-state index is 0.00669. The first-order valence-corrected chi connectivity index (χ1v) is 11.8. The van der Waals surface area contributed by atoms with Crippen molar-refractivity contribution in [2.75, 3.05) is 26.2 Å². The Bertz CT molecular complexity index is 1260. The lowest BCUT2D eigenvalue weighted by Crippen LogP contribution is -2.47. The van der Waals surface area contributed by atoms with Crippen LogP contribution < -0.4 is 21.5 Å². The number of nitrogens with zero attached hydrogens (tertiary/aromatic N) is 3. The predicted molar refractivity (Wildman–Crippen MR) is 130 cm³/mol. The molecule has 0 aliphatic carbocycles. The van der Waals surface area contributed by atoms with Gasteiger partial charge < -0.3 is 25.4 Å². The largest absolute Gasteiger partial charge is 0.343 e. The summed E-state index contributed by atoms with van der Waals surface area (Å²) in [6.45, 7) is 7.76. The van der Waals surface area contributed by atoms with Crippen molar-refractivity contribution >= 4 is 22.6 Å². The molecule has 8 nitrogen and oxygen atoms in total. The fourth-order valence-electron chi connectivity index (χ4n) is 4.85. The minimum Gasteiger partial charge on any atom is -0.343 e. The Hall–Kier alpha value is -3.30. The number of pyridine rings is 1. The highest BCUT2D eigenvalue weighted by Crippen LogP contribution is 2.24. The highest BCUT2D eigenvalue weighted by atomic mass is 19.1. The zero-order valence-electron chi connectivity index (χ0n) is 19.1. The molecule has 0 radical (unpaired) electrons. The SMILES string of the molecule is C=C1NC(CNC2CCN(CCn3c(=O)ccc4ccc(F)cc43)CC2)=NC2=C1CCC(=O)N2. The van der Waals surface area contributed by atoms with Crippen molar-refractivity contribution in [1.29, 1.82) is 0 Å².